The molecule has 0 aliphatic rings. The summed E-state index contributed by atoms with van der Waals surface area (Å²) in [6, 6.07) is 15.1. The van der Waals surface area contributed by atoms with Gasteiger partial charge in [0.15, 0.2) is 0 Å². The van der Waals surface area contributed by atoms with Crippen molar-refractivity contribution >= 4 is 23.2 Å². The summed E-state index contributed by atoms with van der Waals surface area (Å²) in [6.45, 7) is 0.568. The normalized spacial score (nSPS) is 12.3. The topological polar surface area (TPSA) is 12.0 Å². The lowest BCUT2D eigenvalue weighted by Gasteiger charge is -2.16. The van der Waals surface area contributed by atoms with Crippen LogP contribution in [0.5, 0.6) is 0 Å². The van der Waals surface area contributed by atoms with E-state index >= 15 is 0 Å². The first-order chi connectivity index (χ1) is 9.69. The fourth-order valence-corrected chi connectivity index (χ4v) is 2.33. The third kappa shape index (κ3) is 4.48. The van der Waals surface area contributed by atoms with Crippen LogP contribution in [0.25, 0.3) is 0 Å². The highest BCUT2D eigenvalue weighted by Gasteiger charge is 2.08. The number of hydrogen-bond acceptors (Lipinski definition) is 1. The highest BCUT2D eigenvalue weighted by molar-refractivity contribution is 6.30. The molecule has 2 aromatic carbocycles. The van der Waals surface area contributed by atoms with E-state index in [0.717, 1.165) is 12.0 Å². The van der Waals surface area contributed by atoms with Crippen molar-refractivity contribution in [2.45, 2.75) is 19.0 Å². The van der Waals surface area contributed by atoms with E-state index in [2.05, 4.69) is 17.4 Å². The van der Waals surface area contributed by atoms with Gasteiger partial charge in [0.25, 0.3) is 0 Å². The second-order valence-electron chi connectivity index (χ2n) is 4.67. The van der Waals surface area contributed by atoms with E-state index in [-0.39, 0.29) is 11.1 Å². The zero-order valence-corrected chi connectivity index (χ0v) is 12.5. The van der Waals surface area contributed by atoms with E-state index in [4.69, 9.17) is 23.2 Å². The van der Waals surface area contributed by atoms with Gasteiger partial charge in [0.2, 0.25) is 0 Å². The van der Waals surface area contributed by atoms with Crippen LogP contribution in [-0.4, -0.2) is 11.9 Å². The number of alkyl halides is 1. The van der Waals surface area contributed by atoms with Gasteiger partial charge in [0, 0.05) is 18.5 Å². The summed E-state index contributed by atoms with van der Waals surface area (Å²) in [7, 11) is 0. The average Bonchev–Trinajstić information content (AvgIpc) is 2.48. The second-order valence-corrected chi connectivity index (χ2v) is 5.39. The Morgan fingerprint density at radius 3 is 2.45 bits per heavy atom. The predicted molar refractivity (Wildman–Crippen MR) is 82.9 cm³/mol. The van der Waals surface area contributed by atoms with E-state index < -0.39 is 5.82 Å². The average molecular weight is 312 g/mol. The van der Waals surface area contributed by atoms with Crippen molar-refractivity contribution in [1.82, 2.24) is 5.32 Å². The monoisotopic (exact) mass is 311 g/mol. The van der Waals surface area contributed by atoms with E-state index in [0.29, 0.717) is 12.4 Å². The maximum absolute atomic E-state index is 13.3. The molecule has 2 aromatic rings. The summed E-state index contributed by atoms with van der Waals surface area (Å²) in [4.78, 5) is 0. The van der Waals surface area contributed by atoms with E-state index in [1.165, 1.54) is 11.6 Å². The largest absolute Gasteiger partial charge is 0.308 e. The van der Waals surface area contributed by atoms with Crippen LogP contribution in [0.15, 0.2) is 48.5 Å². The Hall–Kier alpha value is -1.09. The quantitative estimate of drug-likeness (QED) is 0.779. The van der Waals surface area contributed by atoms with Gasteiger partial charge in [-0.1, -0.05) is 48.0 Å². The zero-order chi connectivity index (χ0) is 14.4. The zero-order valence-electron chi connectivity index (χ0n) is 11.0. The lowest BCUT2D eigenvalue weighted by atomic mass is 10.1. The molecule has 2 rings (SSSR count). The first-order valence-electron chi connectivity index (χ1n) is 6.46. The summed E-state index contributed by atoms with van der Waals surface area (Å²) >= 11 is 11.6. The van der Waals surface area contributed by atoms with Gasteiger partial charge in [-0.25, -0.2) is 4.39 Å². The first kappa shape index (κ1) is 15.3. The second kappa shape index (κ2) is 7.63. The van der Waals surface area contributed by atoms with Crippen LogP contribution in [0, 0.1) is 5.82 Å². The van der Waals surface area contributed by atoms with E-state index in [1.54, 1.807) is 6.07 Å². The van der Waals surface area contributed by atoms with Crippen LogP contribution in [0.3, 0.4) is 0 Å². The molecule has 0 saturated heterocycles. The molecule has 0 aliphatic heterocycles. The molecule has 4 heteroatoms. The van der Waals surface area contributed by atoms with Crippen LogP contribution in [0.2, 0.25) is 5.02 Å². The lowest BCUT2D eigenvalue weighted by Crippen LogP contribution is -2.32. The standard InChI is InChI=1S/C16H16Cl2FN/c17-10-14(8-12-4-2-1-3-5-12)20-11-13-6-7-15(18)16(19)9-13/h1-7,9,14,20H,8,10-11H2. The summed E-state index contributed by atoms with van der Waals surface area (Å²) in [6.07, 6.45) is 0.848. The van der Waals surface area contributed by atoms with Gasteiger partial charge in [-0.05, 0) is 29.7 Å². The maximum Gasteiger partial charge on any atom is 0.142 e. The van der Waals surface area contributed by atoms with Crippen LogP contribution in [0.1, 0.15) is 11.1 Å². The maximum atomic E-state index is 13.3. The molecule has 0 amide bonds. The number of hydrogen-bond donors (Lipinski definition) is 1. The van der Waals surface area contributed by atoms with Crippen LogP contribution >= 0.6 is 23.2 Å². The van der Waals surface area contributed by atoms with E-state index in [9.17, 15) is 4.39 Å². The van der Waals surface area contributed by atoms with Crippen molar-refractivity contribution in [3.8, 4) is 0 Å². The molecule has 0 radical (unpaired) electrons. The van der Waals surface area contributed by atoms with Crippen LogP contribution in [0.4, 0.5) is 4.39 Å². The van der Waals surface area contributed by atoms with Gasteiger partial charge in [0.1, 0.15) is 5.82 Å². The molecule has 1 atom stereocenters. The van der Waals surface area contributed by atoms with Crippen LogP contribution in [-0.2, 0) is 13.0 Å². The SMILES string of the molecule is Fc1cc(CNC(CCl)Cc2ccccc2)ccc1Cl. The minimum absolute atomic E-state index is 0.145. The molecule has 0 aliphatic carbocycles. The molecule has 0 aromatic heterocycles. The highest BCUT2D eigenvalue weighted by Crippen LogP contribution is 2.15. The van der Waals surface area contributed by atoms with Crippen molar-refractivity contribution in [3.05, 3.63) is 70.5 Å². The molecule has 106 valence electrons. The van der Waals surface area contributed by atoms with Gasteiger partial charge in [-0.3, -0.25) is 0 Å². The minimum Gasteiger partial charge on any atom is -0.308 e. The molecule has 0 bridgehead atoms. The Morgan fingerprint density at radius 1 is 1.05 bits per heavy atom. The lowest BCUT2D eigenvalue weighted by molar-refractivity contribution is 0.547. The van der Waals surface area contributed by atoms with Crippen molar-refractivity contribution < 1.29 is 4.39 Å². The van der Waals surface area contributed by atoms with Crippen molar-refractivity contribution in [3.63, 3.8) is 0 Å². The predicted octanol–water partition coefficient (Wildman–Crippen LogP) is 4.42. The number of benzene rings is 2. The molecule has 0 spiro atoms. The molecule has 0 saturated carbocycles. The Morgan fingerprint density at radius 2 is 1.80 bits per heavy atom. The van der Waals surface area contributed by atoms with E-state index in [1.807, 2.05) is 24.3 Å². The molecular weight excluding hydrogens is 296 g/mol. The highest BCUT2D eigenvalue weighted by atomic mass is 35.5. The van der Waals surface area contributed by atoms with Gasteiger partial charge in [0.05, 0.1) is 5.02 Å². The summed E-state index contributed by atoms with van der Waals surface area (Å²) < 4.78 is 13.3. The fraction of sp³-hybridized carbons (Fsp3) is 0.250. The third-order valence-corrected chi connectivity index (χ3v) is 3.77. The number of nitrogens with one attached hydrogen (secondary N) is 1. The summed E-state index contributed by atoms with van der Waals surface area (Å²) in [5.74, 6) is 0.113. The Kier molecular flexibility index (Phi) is 5.84. The molecule has 1 N–H and O–H groups in total. The van der Waals surface area contributed by atoms with Crippen molar-refractivity contribution in [2.24, 2.45) is 0 Å². The third-order valence-electron chi connectivity index (χ3n) is 3.09. The minimum atomic E-state index is -0.392. The molecule has 0 heterocycles. The molecule has 1 nitrogen and oxygen atoms in total. The molecular formula is C16H16Cl2FN. The van der Waals surface area contributed by atoms with Gasteiger partial charge >= 0.3 is 0 Å². The van der Waals surface area contributed by atoms with Crippen LogP contribution < -0.4 is 5.32 Å². The smallest absolute Gasteiger partial charge is 0.142 e. The summed E-state index contributed by atoms with van der Waals surface area (Å²) in [5, 5.41) is 3.48. The number of rotatable bonds is 6. The molecule has 1 unspecified atom stereocenters. The Labute approximate surface area is 128 Å². The first-order valence-corrected chi connectivity index (χ1v) is 7.37. The van der Waals surface area contributed by atoms with Crippen molar-refractivity contribution in [2.75, 3.05) is 5.88 Å². The van der Waals surface area contributed by atoms with Gasteiger partial charge in [-0.2, -0.15) is 0 Å². The van der Waals surface area contributed by atoms with Crippen molar-refractivity contribution in [1.29, 1.82) is 0 Å². The fourth-order valence-electron chi connectivity index (χ4n) is 1.99. The Bertz CT molecular complexity index is 545. The summed E-state index contributed by atoms with van der Waals surface area (Å²) in [5.41, 5.74) is 2.09. The number of halogens is 3. The molecule has 0 fully saturated rings. The molecule has 20 heavy (non-hydrogen) atoms. The van der Waals surface area contributed by atoms with Gasteiger partial charge < -0.3 is 5.32 Å². The van der Waals surface area contributed by atoms with Gasteiger partial charge in [-0.15, -0.1) is 11.6 Å². The Balaban J connectivity index is 1.92.